The highest BCUT2D eigenvalue weighted by molar-refractivity contribution is 5.54. The van der Waals surface area contributed by atoms with Gasteiger partial charge in [-0.25, -0.2) is 0 Å². The summed E-state index contributed by atoms with van der Waals surface area (Å²) in [7, 11) is 4.79. The number of aliphatic hydroxyl groups excluding tert-OH is 1. The molecule has 0 amide bonds. The minimum atomic E-state index is 0.0408. The van der Waals surface area contributed by atoms with Gasteiger partial charge in [-0.3, -0.25) is 0 Å². The highest BCUT2D eigenvalue weighted by Gasteiger charge is 2.19. The predicted octanol–water partition coefficient (Wildman–Crippen LogP) is 2.38. The van der Waals surface area contributed by atoms with Crippen molar-refractivity contribution in [1.82, 2.24) is 5.32 Å². The Hall–Kier alpha value is -1.46. The van der Waals surface area contributed by atoms with Crippen LogP contribution in [0.2, 0.25) is 0 Å². The lowest BCUT2D eigenvalue weighted by Crippen LogP contribution is -2.38. The second kappa shape index (κ2) is 8.10. The van der Waals surface area contributed by atoms with Gasteiger partial charge >= 0.3 is 0 Å². The first-order valence-corrected chi connectivity index (χ1v) is 7.15. The van der Waals surface area contributed by atoms with E-state index in [0.29, 0.717) is 23.2 Å². The molecule has 0 radical (unpaired) electrons. The van der Waals surface area contributed by atoms with E-state index in [1.165, 1.54) is 0 Å². The summed E-state index contributed by atoms with van der Waals surface area (Å²) < 4.78 is 16.1. The van der Waals surface area contributed by atoms with E-state index in [9.17, 15) is 5.11 Å². The normalized spacial score (nSPS) is 13.9. The Kier molecular flexibility index (Phi) is 6.78. The van der Waals surface area contributed by atoms with Gasteiger partial charge in [0.15, 0.2) is 11.5 Å². The SMILES string of the molecule is COc1cc(C(C)N[C@H](CO)C(C)C)cc(OC)c1OC. The summed E-state index contributed by atoms with van der Waals surface area (Å²) >= 11 is 0. The van der Waals surface area contributed by atoms with E-state index in [0.717, 1.165) is 5.56 Å². The lowest BCUT2D eigenvalue weighted by atomic mass is 10.0. The van der Waals surface area contributed by atoms with Crippen molar-refractivity contribution in [1.29, 1.82) is 0 Å². The summed E-state index contributed by atoms with van der Waals surface area (Å²) in [5.41, 5.74) is 1.02. The first-order chi connectivity index (χ1) is 9.98. The maximum Gasteiger partial charge on any atom is 0.203 e. The van der Waals surface area contributed by atoms with E-state index < -0.39 is 0 Å². The smallest absolute Gasteiger partial charge is 0.203 e. The van der Waals surface area contributed by atoms with Crippen molar-refractivity contribution >= 4 is 0 Å². The van der Waals surface area contributed by atoms with Gasteiger partial charge in [-0.05, 0) is 30.5 Å². The molecule has 0 spiro atoms. The number of nitrogens with one attached hydrogen (secondary N) is 1. The molecule has 0 saturated carbocycles. The van der Waals surface area contributed by atoms with Gasteiger partial charge in [0.2, 0.25) is 5.75 Å². The number of rotatable bonds is 8. The first kappa shape index (κ1) is 17.6. The molecule has 5 nitrogen and oxygen atoms in total. The third kappa shape index (κ3) is 4.25. The van der Waals surface area contributed by atoms with Gasteiger partial charge < -0.3 is 24.6 Å². The molecular formula is C16H27NO4. The van der Waals surface area contributed by atoms with Crippen molar-refractivity contribution in [2.45, 2.75) is 32.9 Å². The maximum atomic E-state index is 9.44. The van der Waals surface area contributed by atoms with Gasteiger partial charge in [0.05, 0.1) is 27.9 Å². The Bertz CT molecular complexity index is 423. The van der Waals surface area contributed by atoms with Crippen LogP contribution in [0.3, 0.4) is 0 Å². The molecule has 0 fully saturated rings. The van der Waals surface area contributed by atoms with Gasteiger partial charge in [0.1, 0.15) is 0 Å². The Morgan fingerprint density at radius 1 is 1.00 bits per heavy atom. The topological polar surface area (TPSA) is 60.0 Å². The first-order valence-electron chi connectivity index (χ1n) is 7.15. The van der Waals surface area contributed by atoms with E-state index in [-0.39, 0.29) is 18.7 Å². The maximum absolute atomic E-state index is 9.44. The van der Waals surface area contributed by atoms with Crippen LogP contribution in [0, 0.1) is 5.92 Å². The number of hydrogen-bond donors (Lipinski definition) is 2. The number of methoxy groups -OCH3 is 3. The van der Waals surface area contributed by atoms with Gasteiger partial charge in [-0.2, -0.15) is 0 Å². The molecule has 5 heteroatoms. The van der Waals surface area contributed by atoms with Crippen LogP contribution >= 0.6 is 0 Å². The number of aliphatic hydroxyl groups is 1. The van der Waals surface area contributed by atoms with Crippen LogP contribution in [0.25, 0.3) is 0 Å². The molecule has 0 heterocycles. The highest BCUT2D eigenvalue weighted by atomic mass is 16.5. The van der Waals surface area contributed by atoms with Crippen molar-refractivity contribution in [2.75, 3.05) is 27.9 Å². The monoisotopic (exact) mass is 297 g/mol. The number of hydrogen-bond acceptors (Lipinski definition) is 5. The Balaban J connectivity index is 3.06. The van der Waals surface area contributed by atoms with E-state index in [4.69, 9.17) is 14.2 Å². The van der Waals surface area contributed by atoms with E-state index in [2.05, 4.69) is 19.2 Å². The zero-order valence-electron chi connectivity index (χ0n) is 13.8. The minimum absolute atomic E-state index is 0.0408. The Morgan fingerprint density at radius 3 is 1.86 bits per heavy atom. The average molecular weight is 297 g/mol. The molecule has 0 bridgehead atoms. The molecule has 0 aliphatic rings. The summed E-state index contributed by atoms with van der Waals surface area (Å²) in [6.45, 7) is 6.31. The molecule has 0 aliphatic carbocycles. The summed E-state index contributed by atoms with van der Waals surface area (Å²) in [4.78, 5) is 0. The van der Waals surface area contributed by atoms with E-state index in [1.54, 1.807) is 21.3 Å². The Morgan fingerprint density at radius 2 is 1.52 bits per heavy atom. The van der Waals surface area contributed by atoms with Crippen molar-refractivity contribution in [2.24, 2.45) is 5.92 Å². The molecule has 0 saturated heterocycles. The lowest BCUT2D eigenvalue weighted by Gasteiger charge is -2.26. The number of ether oxygens (including phenoxy) is 3. The largest absolute Gasteiger partial charge is 0.493 e. The summed E-state index contributed by atoms with van der Waals surface area (Å²) in [6, 6.07) is 3.94. The van der Waals surface area contributed by atoms with Crippen LogP contribution in [0.5, 0.6) is 17.2 Å². The summed E-state index contributed by atoms with van der Waals surface area (Å²) in [6.07, 6.45) is 0. The second-order valence-corrected chi connectivity index (χ2v) is 5.38. The van der Waals surface area contributed by atoms with Crippen molar-refractivity contribution in [3.63, 3.8) is 0 Å². The molecule has 1 aromatic rings. The van der Waals surface area contributed by atoms with Crippen molar-refractivity contribution in [3.8, 4) is 17.2 Å². The molecule has 21 heavy (non-hydrogen) atoms. The minimum Gasteiger partial charge on any atom is -0.493 e. The molecule has 0 aliphatic heterocycles. The van der Waals surface area contributed by atoms with Crippen LogP contribution in [-0.2, 0) is 0 Å². The molecule has 1 aromatic carbocycles. The van der Waals surface area contributed by atoms with E-state index in [1.807, 2.05) is 19.1 Å². The van der Waals surface area contributed by atoms with Gasteiger partial charge in [-0.1, -0.05) is 13.8 Å². The van der Waals surface area contributed by atoms with E-state index >= 15 is 0 Å². The average Bonchev–Trinajstić information content (AvgIpc) is 2.50. The molecular weight excluding hydrogens is 270 g/mol. The van der Waals surface area contributed by atoms with Crippen LogP contribution < -0.4 is 19.5 Å². The third-order valence-corrected chi connectivity index (χ3v) is 3.65. The standard InChI is InChI=1S/C16H27NO4/c1-10(2)13(9-18)17-11(3)12-7-14(19-4)16(21-6)15(8-12)20-5/h7-8,10-11,13,17-18H,9H2,1-6H3/t11?,13-/m1/s1. The Labute approximate surface area is 127 Å². The third-order valence-electron chi connectivity index (χ3n) is 3.65. The fraction of sp³-hybridized carbons (Fsp3) is 0.625. The fourth-order valence-electron chi connectivity index (χ4n) is 2.22. The summed E-state index contributed by atoms with van der Waals surface area (Å²) in [5.74, 6) is 2.19. The van der Waals surface area contributed by atoms with Crippen molar-refractivity contribution < 1.29 is 19.3 Å². The summed E-state index contributed by atoms with van der Waals surface area (Å²) in [5, 5.41) is 12.9. The fourth-order valence-corrected chi connectivity index (χ4v) is 2.22. The molecule has 1 rings (SSSR count). The molecule has 1 unspecified atom stereocenters. The molecule has 120 valence electrons. The lowest BCUT2D eigenvalue weighted by molar-refractivity contribution is 0.201. The zero-order valence-corrected chi connectivity index (χ0v) is 13.8. The van der Waals surface area contributed by atoms with Gasteiger partial charge in [0, 0.05) is 12.1 Å². The second-order valence-electron chi connectivity index (χ2n) is 5.38. The molecule has 2 N–H and O–H groups in total. The van der Waals surface area contributed by atoms with Crippen LogP contribution in [0.1, 0.15) is 32.4 Å². The predicted molar refractivity (Wildman–Crippen MR) is 83.4 cm³/mol. The van der Waals surface area contributed by atoms with Crippen LogP contribution in [0.15, 0.2) is 12.1 Å². The van der Waals surface area contributed by atoms with Crippen molar-refractivity contribution in [3.05, 3.63) is 17.7 Å². The molecule has 2 atom stereocenters. The van der Waals surface area contributed by atoms with Crippen LogP contribution in [0.4, 0.5) is 0 Å². The van der Waals surface area contributed by atoms with Gasteiger partial charge in [0.25, 0.3) is 0 Å². The zero-order chi connectivity index (χ0) is 16.0. The highest BCUT2D eigenvalue weighted by Crippen LogP contribution is 2.39. The molecule has 0 aromatic heterocycles. The number of benzene rings is 1. The van der Waals surface area contributed by atoms with Crippen LogP contribution in [-0.4, -0.2) is 39.1 Å². The van der Waals surface area contributed by atoms with Gasteiger partial charge in [-0.15, -0.1) is 0 Å². The quantitative estimate of drug-likeness (QED) is 0.771.